The number of carbonyl (C=O) groups is 3. The summed E-state index contributed by atoms with van der Waals surface area (Å²) >= 11 is 2.14. The summed E-state index contributed by atoms with van der Waals surface area (Å²) in [5, 5.41) is 12.7. The van der Waals surface area contributed by atoms with Gasteiger partial charge in [-0.1, -0.05) is 30.3 Å². The average Bonchev–Trinajstić information content (AvgIpc) is 3.48. The molecule has 4 atom stereocenters. The van der Waals surface area contributed by atoms with Crippen LogP contribution in [0.25, 0.3) is 0 Å². The van der Waals surface area contributed by atoms with Crippen LogP contribution >= 0.6 is 22.6 Å². The van der Waals surface area contributed by atoms with Gasteiger partial charge < -0.3 is 29.4 Å². The minimum atomic E-state index is -0.907. The third-order valence-corrected chi connectivity index (χ3v) is 8.17. The molecule has 2 aromatic carbocycles. The van der Waals surface area contributed by atoms with Crippen molar-refractivity contribution >= 4 is 40.4 Å². The predicted molar refractivity (Wildman–Crippen MR) is 161 cm³/mol. The van der Waals surface area contributed by atoms with Crippen molar-refractivity contribution < 1.29 is 38.4 Å². The van der Waals surface area contributed by atoms with Gasteiger partial charge in [0.1, 0.15) is 23.9 Å². The van der Waals surface area contributed by atoms with Crippen LogP contribution in [-0.2, 0) is 41.4 Å². The van der Waals surface area contributed by atoms with E-state index in [1.54, 1.807) is 45.0 Å². The van der Waals surface area contributed by atoms with E-state index in [0.717, 1.165) is 14.7 Å². The van der Waals surface area contributed by atoms with Gasteiger partial charge in [0.25, 0.3) is 0 Å². The van der Waals surface area contributed by atoms with Crippen LogP contribution in [0.3, 0.4) is 0 Å². The van der Waals surface area contributed by atoms with Crippen molar-refractivity contribution in [1.82, 2.24) is 5.32 Å². The average molecular weight is 690 g/mol. The SMILES string of the molecule is CC(C)(C)OC(=O)CCC(CO)NC(=O)C1=CC2OC3(Cc4ccccc4C3)OC2C(OC(=O)c2cccc(I)c2)C1. The van der Waals surface area contributed by atoms with Gasteiger partial charge in [0.2, 0.25) is 5.91 Å². The first-order valence-corrected chi connectivity index (χ1v) is 15.2. The van der Waals surface area contributed by atoms with Gasteiger partial charge in [-0.2, -0.15) is 0 Å². The summed E-state index contributed by atoms with van der Waals surface area (Å²) < 4.78 is 25.2. The van der Waals surface area contributed by atoms with E-state index in [-0.39, 0.29) is 25.9 Å². The zero-order valence-corrected chi connectivity index (χ0v) is 26.1. The van der Waals surface area contributed by atoms with Gasteiger partial charge in [0, 0.05) is 34.8 Å². The van der Waals surface area contributed by atoms with E-state index in [0.29, 0.717) is 24.0 Å². The molecule has 1 fully saturated rings. The molecule has 1 spiro atoms. The maximum atomic E-state index is 13.4. The minimum Gasteiger partial charge on any atom is -0.460 e. The second kappa shape index (κ2) is 12.4. The van der Waals surface area contributed by atoms with Gasteiger partial charge >= 0.3 is 11.9 Å². The quantitative estimate of drug-likeness (QED) is 0.315. The number of carbonyl (C=O) groups excluding carboxylic acids is 3. The van der Waals surface area contributed by atoms with Crippen molar-refractivity contribution in [2.45, 2.75) is 88.6 Å². The molecule has 3 aliphatic rings. The van der Waals surface area contributed by atoms with E-state index in [1.165, 1.54) is 0 Å². The number of benzene rings is 2. The molecule has 4 unspecified atom stereocenters. The van der Waals surface area contributed by atoms with Crippen molar-refractivity contribution in [3.63, 3.8) is 0 Å². The fraction of sp³-hybridized carbons (Fsp3) is 0.469. The molecule has 0 aromatic heterocycles. The third kappa shape index (κ3) is 7.21. The van der Waals surface area contributed by atoms with E-state index >= 15 is 0 Å². The Morgan fingerprint density at radius 2 is 1.81 bits per heavy atom. The fourth-order valence-corrected chi connectivity index (χ4v) is 6.20. The van der Waals surface area contributed by atoms with E-state index in [2.05, 4.69) is 27.9 Å². The maximum absolute atomic E-state index is 13.4. The summed E-state index contributed by atoms with van der Waals surface area (Å²) in [5.74, 6) is -2.25. The number of hydrogen-bond donors (Lipinski definition) is 2. The van der Waals surface area contributed by atoms with Gasteiger partial charge in [-0.15, -0.1) is 0 Å². The first-order valence-electron chi connectivity index (χ1n) is 14.2. The van der Waals surface area contributed by atoms with Gasteiger partial charge in [0.15, 0.2) is 5.79 Å². The Labute approximate surface area is 259 Å². The third-order valence-electron chi connectivity index (χ3n) is 7.50. The second-order valence-electron chi connectivity index (χ2n) is 12.0. The highest BCUT2D eigenvalue weighted by Crippen LogP contribution is 2.45. The van der Waals surface area contributed by atoms with Crippen LogP contribution in [0.15, 0.2) is 60.2 Å². The standard InChI is InChI=1S/C32H36INO8/c1-31(2,3)41-27(36)12-11-24(18-35)34-29(37)22-14-25(39-30(38)19-9-6-10-23(33)13-19)28-26(15-22)40-32(42-28)16-20-7-4-5-8-21(20)17-32/h4-10,13,15,24-26,28,35H,11-12,14,16-18H2,1-3H3,(H,34,37). The normalized spacial score (nSPS) is 23.0. The molecule has 10 heteroatoms. The molecule has 0 radical (unpaired) electrons. The molecule has 1 aliphatic heterocycles. The Bertz CT molecular complexity index is 1360. The molecule has 2 aliphatic carbocycles. The van der Waals surface area contributed by atoms with Crippen LogP contribution in [0.4, 0.5) is 0 Å². The monoisotopic (exact) mass is 689 g/mol. The van der Waals surface area contributed by atoms with Crippen LogP contribution in [0.2, 0.25) is 0 Å². The summed E-state index contributed by atoms with van der Waals surface area (Å²) in [6, 6.07) is 14.5. The van der Waals surface area contributed by atoms with E-state index < -0.39 is 53.6 Å². The lowest BCUT2D eigenvalue weighted by atomic mass is 9.91. The molecule has 0 saturated carbocycles. The molecular formula is C32H36INO8. The number of nitrogens with one attached hydrogen (secondary N) is 1. The largest absolute Gasteiger partial charge is 0.460 e. The smallest absolute Gasteiger partial charge is 0.338 e. The van der Waals surface area contributed by atoms with Crippen LogP contribution in [0.5, 0.6) is 0 Å². The fourth-order valence-electron chi connectivity index (χ4n) is 5.66. The zero-order valence-electron chi connectivity index (χ0n) is 23.9. The van der Waals surface area contributed by atoms with Crippen molar-refractivity contribution in [2.75, 3.05) is 6.61 Å². The molecule has 5 rings (SSSR count). The van der Waals surface area contributed by atoms with Crippen molar-refractivity contribution in [1.29, 1.82) is 0 Å². The van der Waals surface area contributed by atoms with Crippen LogP contribution < -0.4 is 5.32 Å². The lowest BCUT2D eigenvalue weighted by Gasteiger charge is -2.31. The molecule has 224 valence electrons. The maximum Gasteiger partial charge on any atom is 0.338 e. The first kappa shape index (κ1) is 30.7. The number of rotatable bonds is 8. The van der Waals surface area contributed by atoms with Gasteiger partial charge in [0.05, 0.1) is 18.2 Å². The second-order valence-corrected chi connectivity index (χ2v) is 13.3. The number of amides is 1. The number of aliphatic hydroxyl groups excluding tert-OH is 1. The van der Waals surface area contributed by atoms with Crippen molar-refractivity contribution in [3.8, 4) is 0 Å². The van der Waals surface area contributed by atoms with E-state index in [9.17, 15) is 19.5 Å². The predicted octanol–water partition coefficient (Wildman–Crippen LogP) is 4.02. The van der Waals surface area contributed by atoms with E-state index in [1.807, 2.05) is 30.3 Å². The van der Waals surface area contributed by atoms with Gasteiger partial charge in [-0.25, -0.2) is 4.79 Å². The van der Waals surface area contributed by atoms with Gasteiger partial charge in [-0.05, 0) is 85.2 Å². The molecule has 42 heavy (non-hydrogen) atoms. The molecular weight excluding hydrogens is 653 g/mol. The topological polar surface area (TPSA) is 120 Å². The summed E-state index contributed by atoms with van der Waals surface area (Å²) in [7, 11) is 0. The van der Waals surface area contributed by atoms with Crippen LogP contribution in [-0.4, -0.2) is 65.3 Å². The molecule has 9 nitrogen and oxygen atoms in total. The summed E-state index contributed by atoms with van der Waals surface area (Å²) in [4.78, 5) is 38.8. The summed E-state index contributed by atoms with van der Waals surface area (Å²) in [6.45, 7) is 5.00. The van der Waals surface area contributed by atoms with Crippen LogP contribution in [0, 0.1) is 3.57 Å². The number of ether oxygens (including phenoxy) is 4. The lowest BCUT2D eigenvalue weighted by Crippen LogP contribution is -2.45. The van der Waals surface area contributed by atoms with E-state index in [4.69, 9.17) is 18.9 Å². The van der Waals surface area contributed by atoms with Crippen molar-refractivity contribution in [3.05, 3.63) is 80.4 Å². The Hall–Kier alpha value is -2.80. The number of esters is 2. The zero-order chi connectivity index (χ0) is 30.1. The summed E-state index contributed by atoms with van der Waals surface area (Å²) in [6.07, 6.45) is 1.23. The minimum absolute atomic E-state index is 0.0443. The van der Waals surface area contributed by atoms with Crippen LogP contribution in [0.1, 0.15) is 61.5 Å². The molecule has 1 saturated heterocycles. The Balaban J connectivity index is 1.32. The molecule has 1 heterocycles. The number of halogens is 1. The Morgan fingerprint density at radius 3 is 2.45 bits per heavy atom. The highest BCUT2D eigenvalue weighted by Gasteiger charge is 2.55. The lowest BCUT2D eigenvalue weighted by molar-refractivity contribution is -0.172. The highest BCUT2D eigenvalue weighted by molar-refractivity contribution is 14.1. The first-order chi connectivity index (χ1) is 19.9. The molecule has 1 amide bonds. The molecule has 2 N–H and O–H groups in total. The molecule has 2 aromatic rings. The number of aliphatic hydroxyl groups is 1. The van der Waals surface area contributed by atoms with Crippen molar-refractivity contribution in [2.24, 2.45) is 0 Å². The Morgan fingerprint density at radius 1 is 1.10 bits per heavy atom. The number of hydrogen-bond acceptors (Lipinski definition) is 8. The number of fused-ring (bicyclic) bond motifs is 2. The van der Waals surface area contributed by atoms with Gasteiger partial charge in [-0.3, -0.25) is 9.59 Å². The highest BCUT2D eigenvalue weighted by atomic mass is 127. The Kier molecular flexibility index (Phi) is 9.08. The summed E-state index contributed by atoms with van der Waals surface area (Å²) in [5.41, 5.74) is 2.43. The molecule has 0 bridgehead atoms.